The van der Waals surface area contributed by atoms with Gasteiger partial charge in [0.1, 0.15) is 24.4 Å². The molecule has 0 spiro atoms. The van der Waals surface area contributed by atoms with E-state index in [1.54, 1.807) is 18.3 Å². The second-order valence-electron chi connectivity index (χ2n) is 11.0. The summed E-state index contributed by atoms with van der Waals surface area (Å²) in [7, 11) is 0. The molecule has 0 fully saturated rings. The van der Waals surface area contributed by atoms with Gasteiger partial charge in [-0.25, -0.2) is 9.59 Å². The van der Waals surface area contributed by atoms with Crippen molar-refractivity contribution in [2.75, 3.05) is 6.54 Å². The molecule has 1 aromatic heterocycles. The molecule has 4 aromatic rings. The summed E-state index contributed by atoms with van der Waals surface area (Å²) in [5, 5.41) is 28.2. The number of rotatable bonds is 16. The van der Waals surface area contributed by atoms with Gasteiger partial charge in [-0.05, 0) is 60.6 Å². The van der Waals surface area contributed by atoms with E-state index < -0.39 is 42.0 Å². The number of aromatic amines is 1. The third kappa shape index (κ3) is 10.1. The number of hydrogen-bond acceptors (Lipinski definition) is 7. The number of nitrogens with one attached hydrogen (secondary N) is 4. The smallest absolute Gasteiger partial charge is 0.407 e. The van der Waals surface area contributed by atoms with Crippen LogP contribution in [0, 0.1) is 0 Å². The molecule has 0 saturated heterocycles. The Balaban J connectivity index is 1.33. The first-order valence-corrected chi connectivity index (χ1v) is 15.1. The summed E-state index contributed by atoms with van der Waals surface area (Å²) in [6.07, 6.45) is 2.39. The predicted octanol–water partition coefficient (Wildman–Crippen LogP) is 3.14. The number of carbonyl (C=O) groups excluding carboxylic acids is 3. The Kier molecular flexibility index (Phi) is 12.1. The number of phenols is 1. The minimum Gasteiger partial charge on any atom is -0.508 e. The summed E-state index contributed by atoms with van der Waals surface area (Å²) in [5.41, 5.74) is 9.37. The fourth-order valence-electron chi connectivity index (χ4n) is 4.95. The van der Waals surface area contributed by atoms with Crippen molar-refractivity contribution in [2.24, 2.45) is 5.73 Å². The Morgan fingerprint density at radius 1 is 0.804 bits per heavy atom. The van der Waals surface area contributed by atoms with Gasteiger partial charge in [0.2, 0.25) is 11.8 Å². The van der Waals surface area contributed by atoms with Gasteiger partial charge in [0.05, 0.1) is 6.04 Å². The number of para-hydroxylation sites is 1. The van der Waals surface area contributed by atoms with Crippen molar-refractivity contribution in [2.45, 2.75) is 56.8 Å². The molecule has 0 saturated carbocycles. The highest BCUT2D eigenvalue weighted by Crippen LogP contribution is 2.20. The molecule has 4 rings (SSSR count). The minimum atomic E-state index is -1.22. The summed E-state index contributed by atoms with van der Waals surface area (Å²) in [4.78, 5) is 53.8. The fraction of sp³-hybridized carbons (Fsp3) is 0.294. The lowest BCUT2D eigenvalue weighted by Gasteiger charge is -2.23. The number of fused-ring (bicyclic) bond motifs is 1. The predicted molar refractivity (Wildman–Crippen MR) is 172 cm³/mol. The van der Waals surface area contributed by atoms with Crippen LogP contribution in [0.5, 0.6) is 5.75 Å². The summed E-state index contributed by atoms with van der Waals surface area (Å²) in [5.74, 6) is -2.37. The quantitative estimate of drug-likeness (QED) is 0.0918. The molecule has 12 heteroatoms. The first kappa shape index (κ1) is 33.5. The molecule has 0 aliphatic rings. The number of phenolic OH excluding ortho intramolecular Hbond substituents is 1. The zero-order valence-corrected chi connectivity index (χ0v) is 25.3. The molecule has 12 nitrogen and oxygen atoms in total. The number of nitrogens with two attached hydrogens (primary N) is 1. The second kappa shape index (κ2) is 16.6. The molecule has 0 bridgehead atoms. The molecule has 46 heavy (non-hydrogen) atoms. The lowest BCUT2D eigenvalue weighted by atomic mass is 10.0. The number of amides is 3. The fourth-order valence-corrected chi connectivity index (χ4v) is 4.95. The molecule has 0 radical (unpaired) electrons. The summed E-state index contributed by atoms with van der Waals surface area (Å²) >= 11 is 0. The third-order valence-electron chi connectivity index (χ3n) is 7.48. The zero-order valence-electron chi connectivity index (χ0n) is 25.3. The molecular formula is C34H39N5O7. The van der Waals surface area contributed by atoms with Crippen molar-refractivity contribution in [3.8, 4) is 5.75 Å². The van der Waals surface area contributed by atoms with Crippen molar-refractivity contribution in [3.63, 3.8) is 0 Å². The van der Waals surface area contributed by atoms with Crippen LogP contribution in [0.25, 0.3) is 10.9 Å². The van der Waals surface area contributed by atoms with E-state index >= 15 is 0 Å². The van der Waals surface area contributed by atoms with E-state index in [-0.39, 0.29) is 38.2 Å². The number of aromatic nitrogens is 1. The maximum Gasteiger partial charge on any atom is 0.407 e. The van der Waals surface area contributed by atoms with E-state index in [1.165, 1.54) is 12.1 Å². The van der Waals surface area contributed by atoms with Crippen molar-refractivity contribution in [1.29, 1.82) is 0 Å². The molecule has 242 valence electrons. The number of hydrogen-bond donors (Lipinski definition) is 7. The van der Waals surface area contributed by atoms with Gasteiger partial charge in [0.25, 0.3) is 0 Å². The lowest BCUT2D eigenvalue weighted by Crippen LogP contribution is -2.55. The van der Waals surface area contributed by atoms with E-state index in [0.717, 1.165) is 27.6 Å². The van der Waals surface area contributed by atoms with Gasteiger partial charge in [-0.15, -0.1) is 0 Å². The van der Waals surface area contributed by atoms with Gasteiger partial charge in [0, 0.05) is 30.1 Å². The maximum absolute atomic E-state index is 13.5. The van der Waals surface area contributed by atoms with E-state index in [4.69, 9.17) is 10.5 Å². The number of unbranched alkanes of at least 4 members (excludes halogenated alkanes) is 1. The van der Waals surface area contributed by atoms with Crippen LogP contribution < -0.4 is 21.7 Å². The summed E-state index contributed by atoms with van der Waals surface area (Å²) in [6.45, 7) is 0.407. The summed E-state index contributed by atoms with van der Waals surface area (Å²) in [6, 6.07) is 19.7. The van der Waals surface area contributed by atoms with Gasteiger partial charge >= 0.3 is 12.1 Å². The Bertz CT molecular complexity index is 1610. The molecule has 8 N–H and O–H groups in total. The van der Waals surface area contributed by atoms with Crippen LogP contribution in [0.4, 0.5) is 4.79 Å². The number of aromatic hydroxyl groups is 1. The number of aliphatic carboxylic acids is 1. The van der Waals surface area contributed by atoms with Crippen LogP contribution in [-0.2, 0) is 38.6 Å². The normalized spacial score (nSPS) is 12.9. The number of benzene rings is 3. The van der Waals surface area contributed by atoms with Gasteiger partial charge in [-0.3, -0.25) is 9.59 Å². The number of carbonyl (C=O) groups is 4. The van der Waals surface area contributed by atoms with Crippen molar-refractivity contribution < 1.29 is 34.1 Å². The number of carboxylic acids is 1. The highest BCUT2D eigenvalue weighted by molar-refractivity contribution is 5.93. The highest BCUT2D eigenvalue weighted by atomic mass is 16.5. The van der Waals surface area contributed by atoms with Crippen LogP contribution in [0.1, 0.15) is 36.0 Å². The average molecular weight is 630 g/mol. The Morgan fingerprint density at radius 3 is 2.24 bits per heavy atom. The summed E-state index contributed by atoms with van der Waals surface area (Å²) < 4.78 is 5.17. The minimum absolute atomic E-state index is 0.0859. The molecule has 3 amide bonds. The van der Waals surface area contributed by atoms with Gasteiger partial charge in [0.15, 0.2) is 0 Å². The van der Waals surface area contributed by atoms with Crippen LogP contribution in [-0.4, -0.2) is 63.7 Å². The van der Waals surface area contributed by atoms with E-state index in [1.807, 2.05) is 54.6 Å². The molecular weight excluding hydrogens is 590 g/mol. The van der Waals surface area contributed by atoms with Crippen LogP contribution >= 0.6 is 0 Å². The SMILES string of the molecule is N[C@@H](Cc1ccc(O)cc1)C(=O)N[C@H](Cc1c[nH]c2ccccc12)C(=O)N[C@@H](CCCCNC(=O)OCc1ccccc1)C(=O)O. The van der Waals surface area contributed by atoms with Crippen molar-refractivity contribution >= 4 is 34.8 Å². The van der Waals surface area contributed by atoms with E-state index in [2.05, 4.69) is 20.9 Å². The molecule has 0 unspecified atom stereocenters. The Labute approximate surface area is 266 Å². The van der Waals surface area contributed by atoms with E-state index in [0.29, 0.717) is 12.8 Å². The maximum atomic E-state index is 13.5. The number of carboxylic acid groups (broad SMARTS) is 1. The topological polar surface area (TPSA) is 196 Å². The van der Waals surface area contributed by atoms with Crippen molar-refractivity contribution in [1.82, 2.24) is 20.9 Å². The highest BCUT2D eigenvalue weighted by Gasteiger charge is 2.29. The molecule has 3 aromatic carbocycles. The molecule has 3 atom stereocenters. The third-order valence-corrected chi connectivity index (χ3v) is 7.48. The Morgan fingerprint density at radius 2 is 1.50 bits per heavy atom. The second-order valence-corrected chi connectivity index (χ2v) is 11.0. The number of H-pyrrole nitrogens is 1. The molecule has 1 heterocycles. The Hall–Kier alpha value is -5.36. The average Bonchev–Trinajstić information content (AvgIpc) is 3.46. The first-order chi connectivity index (χ1) is 22.2. The van der Waals surface area contributed by atoms with Crippen LogP contribution in [0.2, 0.25) is 0 Å². The van der Waals surface area contributed by atoms with Gasteiger partial charge in [-0.1, -0.05) is 60.7 Å². The van der Waals surface area contributed by atoms with Gasteiger partial charge < -0.3 is 41.6 Å². The van der Waals surface area contributed by atoms with E-state index in [9.17, 15) is 29.4 Å². The number of ether oxygens (including phenoxy) is 1. The van der Waals surface area contributed by atoms with Crippen LogP contribution in [0.3, 0.4) is 0 Å². The zero-order chi connectivity index (χ0) is 32.9. The standard InChI is InChI=1S/C34H39N5O7/c35-27(18-22-13-15-25(40)16-14-22)31(41)39-30(19-24-20-37-28-11-5-4-10-26(24)28)32(42)38-29(33(43)44)12-6-7-17-36-34(45)46-21-23-8-2-1-3-9-23/h1-5,8-11,13-16,20,27,29-30,37,40H,6-7,12,17-19,21,35H2,(H,36,45)(H,38,42)(H,39,41)(H,43,44)/t27-,29-,30+/m0/s1. The molecule has 0 aliphatic carbocycles. The van der Waals surface area contributed by atoms with Gasteiger partial charge in [-0.2, -0.15) is 0 Å². The molecule has 0 aliphatic heterocycles. The van der Waals surface area contributed by atoms with Crippen molar-refractivity contribution in [3.05, 3.63) is 102 Å². The van der Waals surface area contributed by atoms with Crippen LogP contribution in [0.15, 0.2) is 85.1 Å². The first-order valence-electron chi connectivity index (χ1n) is 15.1. The number of alkyl carbamates (subject to hydrolysis) is 1. The largest absolute Gasteiger partial charge is 0.508 e. The lowest BCUT2D eigenvalue weighted by molar-refractivity contribution is -0.142. The monoisotopic (exact) mass is 629 g/mol.